The molecule has 0 amide bonds. The van der Waals surface area contributed by atoms with Crippen molar-refractivity contribution in [3.05, 3.63) is 12.2 Å². The third kappa shape index (κ3) is 35.2. The normalized spacial score (nSPS) is 24.6. The lowest BCUT2D eigenvalue weighted by Crippen LogP contribution is -2.61. The highest BCUT2D eigenvalue weighted by Gasteiger charge is 2.47. The summed E-state index contributed by atoms with van der Waals surface area (Å²) in [6.07, 6.45) is 38.4. The van der Waals surface area contributed by atoms with Gasteiger partial charge in [0.2, 0.25) is 0 Å². The molecule has 0 radical (unpaired) electrons. The molecule has 2 saturated heterocycles. The molecule has 0 spiro atoms. The van der Waals surface area contributed by atoms with Crippen molar-refractivity contribution in [2.24, 2.45) is 0 Å². The van der Waals surface area contributed by atoms with Crippen LogP contribution in [0.2, 0.25) is 0 Å². The van der Waals surface area contributed by atoms with Gasteiger partial charge in [-0.2, -0.15) is 0 Å². The number of carbonyl (C=O) groups is 1. The Bertz CT molecular complexity index is 1290. The molecule has 11 atom stereocenters. The fourth-order valence-corrected chi connectivity index (χ4v) is 10.2. The van der Waals surface area contributed by atoms with E-state index in [0.717, 1.165) is 38.5 Å². The number of esters is 1. The average molecular weight is 1070 g/mol. The second-order valence-corrected chi connectivity index (χ2v) is 22.2. The molecule has 2 aliphatic rings. The van der Waals surface area contributed by atoms with Crippen LogP contribution >= 0.6 is 0 Å². The molecule has 0 aromatic rings. The molecule has 444 valence electrons. The van der Waals surface area contributed by atoms with E-state index in [1.54, 1.807) is 0 Å². The number of ether oxygens (including phenoxy) is 6. The van der Waals surface area contributed by atoms with E-state index in [2.05, 4.69) is 26.0 Å². The van der Waals surface area contributed by atoms with Gasteiger partial charge >= 0.3 is 5.97 Å². The van der Waals surface area contributed by atoms with Crippen LogP contribution in [0.25, 0.3) is 0 Å². The largest absolute Gasteiger partial charge is 0.457 e. The lowest BCUT2D eigenvalue weighted by molar-refractivity contribution is -0.332. The van der Waals surface area contributed by atoms with Crippen molar-refractivity contribution in [2.45, 2.75) is 338 Å². The summed E-state index contributed by atoms with van der Waals surface area (Å²) < 4.78 is 34.5. The van der Waals surface area contributed by atoms with Crippen molar-refractivity contribution < 1.29 is 69.0 Å². The molecule has 75 heavy (non-hydrogen) atoms. The Morgan fingerprint density at radius 3 is 1.21 bits per heavy atom. The van der Waals surface area contributed by atoms with Gasteiger partial charge in [-0.05, 0) is 38.5 Å². The van der Waals surface area contributed by atoms with Gasteiger partial charge in [-0.15, -0.1) is 0 Å². The zero-order chi connectivity index (χ0) is 54.4. The molecule has 2 aliphatic heterocycles. The first-order valence-electron chi connectivity index (χ1n) is 31.3. The second-order valence-electron chi connectivity index (χ2n) is 22.2. The Balaban J connectivity index is 1.68. The molecular formula is C61H116O14. The van der Waals surface area contributed by atoms with E-state index in [9.17, 15) is 40.5 Å². The number of hydrogen-bond acceptors (Lipinski definition) is 14. The standard InChI is InChI=1S/C61H116O14/c1-3-5-7-9-11-13-15-17-19-21-23-25-26-28-30-32-34-36-38-40-42-44-53(63)73-50(47-70-45-43-41-39-37-35-33-31-29-27-24-22-20-18-16-14-12-10-8-6-4-2)48-71-60-59(69)57(67)55(65)52(75-60)49-72-61-58(68)56(66)54(64)51(46-62)74-61/h21,23,50-52,54-62,64-69H,3-20,22,24-49H2,1-2H3/b23-21-. The van der Waals surface area contributed by atoms with E-state index < -0.39 is 80.7 Å². The monoisotopic (exact) mass is 1070 g/mol. The molecule has 7 N–H and O–H groups in total. The molecule has 14 nitrogen and oxygen atoms in total. The summed E-state index contributed by atoms with van der Waals surface area (Å²) >= 11 is 0. The van der Waals surface area contributed by atoms with Crippen LogP contribution in [0.4, 0.5) is 0 Å². The molecule has 2 heterocycles. The molecule has 0 aromatic heterocycles. The first-order chi connectivity index (χ1) is 36.6. The Morgan fingerprint density at radius 1 is 0.427 bits per heavy atom. The summed E-state index contributed by atoms with van der Waals surface area (Å²) in [6.45, 7) is 3.76. The van der Waals surface area contributed by atoms with Crippen LogP contribution in [0, 0.1) is 0 Å². The summed E-state index contributed by atoms with van der Waals surface area (Å²) in [5, 5.41) is 72.4. The van der Waals surface area contributed by atoms with Crippen molar-refractivity contribution >= 4 is 5.97 Å². The lowest BCUT2D eigenvalue weighted by Gasteiger charge is -2.42. The third-order valence-corrected chi connectivity index (χ3v) is 15.3. The lowest BCUT2D eigenvalue weighted by atomic mass is 9.98. The van der Waals surface area contributed by atoms with Crippen LogP contribution in [0.5, 0.6) is 0 Å². The van der Waals surface area contributed by atoms with Crippen LogP contribution in [0.15, 0.2) is 12.2 Å². The van der Waals surface area contributed by atoms with Gasteiger partial charge in [0.1, 0.15) is 54.9 Å². The maximum absolute atomic E-state index is 13.1. The third-order valence-electron chi connectivity index (χ3n) is 15.3. The number of hydrogen-bond donors (Lipinski definition) is 7. The number of allylic oxidation sites excluding steroid dienone is 2. The van der Waals surface area contributed by atoms with Gasteiger partial charge in [0.25, 0.3) is 0 Å². The van der Waals surface area contributed by atoms with Crippen LogP contribution in [-0.4, -0.2) is 142 Å². The number of unbranched alkanes of at least 4 members (excludes halogenated alkanes) is 36. The predicted octanol–water partition coefficient (Wildman–Crippen LogP) is 11.8. The first kappa shape index (κ1) is 69.8. The average Bonchev–Trinajstić information content (AvgIpc) is 3.41. The van der Waals surface area contributed by atoms with Gasteiger partial charge in [0.05, 0.1) is 26.4 Å². The summed E-state index contributed by atoms with van der Waals surface area (Å²) in [5.41, 5.74) is 0. The molecule has 2 rings (SSSR count). The first-order valence-corrected chi connectivity index (χ1v) is 31.3. The van der Waals surface area contributed by atoms with E-state index >= 15 is 0 Å². The number of carbonyl (C=O) groups excluding carboxylic acids is 1. The van der Waals surface area contributed by atoms with Crippen LogP contribution in [0.1, 0.15) is 271 Å². The van der Waals surface area contributed by atoms with E-state index in [1.165, 1.54) is 205 Å². The van der Waals surface area contributed by atoms with Crippen molar-refractivity contribution in [3.8, 4) is 0 Å². The van der Waals surface area contributed by atoms with Gasteiger partial charge in [0.15, 0.2) is 12.6 Å². The predicted molar refractivity (Wildman–Crippen MR) is 298 cm³/mol. The Hall–Kier alpha value is -1.27. The van der Waals surface area contributed by atoms with Gasteiger partial charge in [0, 0.05) is 13.0 Å². The molecular weight excluding hydrogens is 957 g/mol. The van der Waals surface area contributed by atoms with Crippen LogP contribution < -0.4 is 0 Å². The minimum Gasteiger partial charge on any atom is -0.457 e. The van der Waals surface area contributed by atoms with E-state index in [-0.39, 0.29) is 25.6 Å². The molecule has 0 saturated carbocycles. The van der Waals surface area contributed by atoms with Gasteiger partial charge in [-0.25, -0.2) is 0 Å². The fraction of sp³-hybridized carbons (Fsp3) is 0.951. The maximum Gasteiger partial charge on any atom is 0.306 e. The number of aliphatic hydroxyl groups excluding tert-OH is 7. The maximum atomic E-state index is 13.1. The van der Waals surface area contributed by atoms with Crippen molar-refractivity contribution in [1.82, 2.24) is 0 Å². The Morgan fingerprint density at radius 2 is 0.787 bits per heavy atom. The highest BCUT2D eigenvalue weighted by molar-refractivity contribution is 5.69. The quantitative estimate of drug-likeness (QED) is 0.0172. The van der Waals surface area contributed by atoms with Crippen LogP contribution in [-0.2, 0) is 33.2 Å². The molecule has 0 bridgehead atoms. The zero-order valence-corrected chi connectivity index (χ0v) is 47.8. The summed E-state index contributed by atoms with van der Waals surface area (Å²) in [4.78, 5) is 13.1. The highest BCUT2D eigenvalue weighted by Crippen LogP contribution is 2.27. The minimum absolute atomic E-state index is 0.0676. The number of aliphatic hydroxyl groups is 7. The molecule has 0 aliphatic carbocycles. The van der Waals surface area contributed by atoms with Crippen molar-refractivity contribution in [3.63, 3.8) is 0 Å². The Kier molecular flexibility index (Phi) is 45.3. The fourth-order valence-electron chi connectivity index (χ4n) is 10.2. The van der Waals surface area contributed by atoms with Gasteiger partial charge in [-0.3, -0.25) is 4.79 Å². The van der Waals surface area contributed by atoms with Gasteiger partial charge in [-0.1, -0.05) is 238 Å². The van der Waals surface area contributed by atoms with Crippen molar-refractivity contribution in [2.75, 3.05) is 33.0 Å². The minimum atomic E-state index is -1.70. The highest BCUT2D eigenvalue weighted by atomic mass is 16.7. The zero-order valence-electron chi connectivity index (χ0n) is 47.8. The SMILES string of the molecule is CCCCCCCCCC/C=C\CCCCCCCCCCCC(=O)OC(COCCCCCCCCCCCCCCCCCCCCCC)COC1OC(COC2OC(CO)C(O)C(O)C2O)C(O)C(O)C1O. The van der Waals surface area contributed by atoms with Crippen molar-refractivity contribution in [1.29, 1.82) is 0 Å². The second kappa shape index (κ2) is 48.6. The summed E-state index contributed by atoms with van der Waals surface area (Å²) in [7, 11) is 0. The smallest absolute Gasteiger partial charge is 0.306 e. The molecule has 11 unspecified atom stereocenters. The number of rotatable bonds is 52. The molecule has 2 fully saturated rings. The van der Waals surface area contributed by atoms with E-state index in [4.69, 9.17) is 28.4 Å². The molecule has 14 heteroatoms. The topological polar surface area (TPSA) is 214 Å². The van der Waals surface area contributed by atoms with E-state index in [1.807, 2.05) is 0 Å². The molecule has 0 aromatic carbocycles. The van der Waals surface area contributed by atoms with Gasteiger partial charge < -0.3 is 64.2 Å². The summed E-state index contributed by atoms with van der Waals surface area (Å²) in [5.74, 6) is -0.371. The van der Waals surface area contributed by atoms with Crippen LogP contribution in [0.3, 0.4) is 0 Å². The Labute approximate surface area is 456 Å². The summed E-state index contributed by atoms with van der Waals surface area (Å²) in [6, 6.07) is 0. The van der Waals surface area contributed by atoms with E-state index in [0.29, 0.717) is 13.0 Å².